The second-order valence-corrected chi connectivity index (χ2v) is 6.33. The molecule has 0 radical (unpaired) electrons. The molecule has 0 aliphatic rings. The van der Waals surface area contributed by atoms with Gasteiger partial charge in [-0.2, -0.15) is 9.97 Å². The van der Waals surface area contributed by atoms with Crippen molar-refractivity contribution in [1.29, 1.82) is 0 Å². The average Bonchev–Trinajstić information content (AvgIpc) is 2.68. The predicted molar refractivity (Wildman–Crippen MR) is 104 cm³/mol. The van der Waals surface area contributed by atoms with Gasteiger partial charge in [-0.15, -0.1) is 12.3 Å². The van der Waals surface area contributed by atoms with Crippen LogP contribution in [-0.2, 0) is 16.6 Å². The largest absolute Gasteiger partial charge is 0.481 e. The number of carboxylic acid groups (broad SMARTS) is 2. The Morgan fingerprint density at radius 1 is 1.10 bits per heavy atom. The van der Waals surface area contributed by atoms with Crippen LogP contribution in [0.5, 0.6) is 0 Å². The van der Waals surface area contributed by atoms with Crippen LogP contribution in [0.25, 0.3) is 11.2 Å². The van der Waals surface area contributed by atoms with Crippen molar-refractivity contribution in [2.45, 2.75) is 18.3 Å². The number of aromatic carboxylic acids is 1. The molecular weight excluding hydrogens is 376 g/mol. The van der Waals surface area contributed by atoms with Gasteiger partial charge in [0.25, 0.3) is 0 Å². The van der Waals surface area contributed by atoms with Crippen LogP contribution < -0.4 is 11.5 Å². The average molecular weight is 392 g/mol. The van der Waals surface area contributed by atoms with Crippen LogP contribution in [0, 0.1) is 12.3 Å². The summed E-state index contributed by atoms with van der Waals surface area (Å²) in [7, 11) is 0. The Balaban J connectivity index is 2.10. The molecule has 0 fully saturated rings. The Morgan fingerprint density at radius 3 is 2.38 bits per heavy atom. The summed E-state index contributed by atoms with van der Waals surface area (Å²) in [5.41, 5.74) is 10.9. The molecule has 0 saturated heterocycles. The van der Waals surface area contributed by atoms with E-state index in [2.05, 4.69) is 25.9 Å². The zero-order chi connectivity index (χ0) is 21.2. The van der Waals surface area contributed by atoms with Gasteiger partial charge >= 0.3 is 11.9 Å². The molecule has 3 aromatic rings. The second kappa shape index (κ2) is 7.40. The lowest BCUT2D eigenvalue weighted by Crippen LogP contribution is -2.38. The molecule has 146 valence electrons. The molecule has 1 atom stereocenters. The highest BCUT2D eigenvalue weighted by Crippen LogP contribution is 2.33. The third-order valence-electron chi connectivity index (χ3n) is 4.48. The number of hydrogen-bond acceptors (Lipinski definition) is 8. The fraction of sp³-hybridized carbons (Fsp3) is 0.158. The SMILES string of the molecule is C#CC[C@](Cc1cnc2nc(N)nc(N)c2n1)(C(=O)O)c1ccc(C(=O)O)cc1. The number of anilines is 2. The van der Waals surface area contributed by atoms with Gasteiger partial charge in [-0.1, -0.05) is 12.1 Å². The normalized spacial score (nSPS) is 12.8. The maximum atomic E-state index is 12.3. The van der Waals surface area contributed by atoms with Gasteiger partial charge in [-0.3, -0.25) is 4.79 Å². The van der Waals surface area contributed by atoms with E-state index in [1.54, 1.807) is 0 Å². The van der Waals surface area contributed by atoms with E-state index >= 15 is 0 Å². The van der Waals surface area contributed by atoms with Crippen molar-refractivity contribution < 1.29 is 19.8 Å². The first-order chi connectivity index (χ1) is 13.8. The number of terminal acetylenes is 1. The fourth-order valence-corrected chi connectivity index (χ4v) is 3.02. The highest BCUT2D eigenvalue weighted by molar-refractivity contribution is 5.88. The van der Waals surface area contributed by atoms with Crippen LogP contribution in [0.3, 0.4) is 0 Å². The maximum absolute atomic E-state index is 12.3. The smallest absolute Gasteiger partial charge is 0.335 e. The van der Waals surface area contributed by atoms with Gasteiger partial charge in [0.1, 0.15) is 5.41 Å². The van der Waals surface area contributed by atoms with Crippen LogP contribution in [0.4, 0.5) is 11.8 Å². The van der Waals surface area contributed by atoms with Gasteiger partial charge in [0.15, 0.2) is 17.0 Å². The zero-order valence-electron chi connectivity index (χ0n) is 15.0. The number of carboxylic acids is 2. The summed E-state index contributed by atoms with van der Waals surface area (Å²) in [4.78, 5) is 39.6. The molecular formula is C19H16N6O4. The van der Waals surface area contributed by atoms with E-state index in [1.165, 1.54) is 30.5 Å². The number of rotatable bonds is 6. The van der Waals surface area contributed by atoms with Gasteiger partial charge in [0.05, 0.1) is 17.5 Å². The quantitative estimate of drug-likeness (QED) is 0.440. The third kappa shape index (κ3) is 3.61. The first-order valence-electron chi connectivity index (χ1n) is 8.32. The molecule has 0 amide bonds. The topological polar surface area (TPSA) is 178 Å². The predicted octanol–water partition coefficient (Wildman–Crippen LogP) is 0.871. The standard InChI is InChI=1S/C19H16N6O4/c1-2-7-19(17(28)29,11-5-3-10(4-6-11)16(26)27)8-12-9-22-15-13(23-12)14(20)24-18(21)25-15/h1,3-6,9H,7-8H2,(H,26,27)(H,28,29)(H4,20,21,22,24,25)/t19-/m1/s1. The third-order valence-corrected chi connectivity index (χ3v) is 4.48. The van der Waals surface area contributed by atoms with E-state index < -0.39 is 17.4 Å². The van der Waals surface area contributed by atoms with Crippen molar-refractivity contribution in [2.75, 3.05) is 11.5 Å². The fourth-order valence-electron chi connectivity index (χ4n) is 3.02. The minimum absolute atomic E-state index is 0.0190. The van der Waals surface area contributed by atoms with Gasteiger partial charge in [-0.25, -0.2) is 14.8 Å². The first-order valence-corrected chi connectivity index (χ1v) is 8.32. The maximum Gasteiger partial charge on any atom is 0.335 e. The summed E-state index contributed by atoms with van der Waals surface area (Å²) < 4.78 is 0. The Morgan fingerprint density at radius 2 is 1.79 bits per heavy atom. The summed E-state index contributed by atoms with van der Waals surface area (Å²) in [6.45, 7) is 0. The van der Waals surface area contributed by atoms with Crippen LogP contribution in [-0.4, -0.2) is 42.1 Å². The molecule has 10 nitrogen and oxygen atoms in total. The molecule has 0 aliphatic heterocycles. The van der Waals surface area contributed by atoms with E-state index in [0.29, 0.717) is 11.3 Å². The highest BCUT2D eigenvalue weighted by atomic mass is 16.4. The summed E-state index contributed by atoms with van der Waals surface area (Å²) in [6, 6.07) is 5.52. The Labute approximate surface area is 164 Å². The molecule has 0 bridgehead atoms. The number of carbonyl (C=O) groups is 2. The van der Waals surface area contributed by atoms with Crippen LogP contribution in [0.15, 0.2) is 30.5 Å². The number of nitrogens with zero attached hydrogens (tertiary/aromatic N) is 4. The van der Waals surface area contributed by atoms with Crippen molar-refractivity contribution in [1.82, 2.24) is 19.9 Å². The van der Waals surface area contributed by atoms with Crippen LogP contribution in [0.1, 0.15) is 28.0 Å². The molecule has 0 spiro atoms. The second-order valence-electron chi connectivity index (χ2n) is 6.33. The van der Waals surface area contributed by atoms with Crippen LogP contribution >= 0.6 is 0 Å². The minimum atomic E-state index is -1.54. The summed E-state index contributed by atoms with van der Waals surface area (Å²) in [5, 5.41) is 19.1. The van der Waals surface area contributed by atoms with Crippen molar-refractivity contribution in [3.05, 3.63) is 47.3 Å². The zero-order valence-corrected chi connectivity index (χ0v) is 15.0. The number of fused-ring (bicyclic) bond motifs is 1. The highest BCUT2D eigenvalue weighted by Gasteiger charge is 2.40. The Hall–Kier alpha value is -4.26. The number of aliphatic carboxylic acids is 1. The number of aromatic nitrogens is 4. The molecule has 29 heavy (non-hydrogen) atoms. The van der Waals surface area contributed by atoms with Gasteiger partial charge in [0, 0.05) is 12.8 Å². The Bertz CT molecular complexity index is 1160. The van der Waals surface area contributed by atoms with E-state index in [9.17, 15) is 14.7 Å². The number of nitrogens with two attached hydrogens (primary N) is 2. The monoisotopic (exact) mass is 392 g/mol. The number of nitrogen functional groups attached to an aromatic ring is 2. The number of hydrogen-bond donors (Lipinski definition) is 4. The summed E-state index contributed by atoms with van der Waals surface area (Å²) in [6.07, 6.45) is 6.57. The number of benzene rings is 1. The summed E-state index contributed by atoms with van der Waals surface area (Å²) in [5.74, 6) is 0.0574. The van der Waals surface area contributed by atoms with Gasteiger partial charge in [-0.05, 0) is 17.7 Å². The molecule has 6 N–H and O–H groups in total. The molecule has 0 saturated carbocycles. The van der Waals surface area contributed by atoms with E-state index in [1.807, 2.05) is 0 Å². The molecule has 1 aromatic carbocycles. The van der Waals surface area contributed by atoms with E-state index in [0.717, 1.165) is 0 Å². The van der Waals surface area contributed by atoms with Gasteiger partial charge < -0.3 is 21.7 Å². The lowest BCUT2D eigenvalue weighted by atomic mass is 9.74. The lowest BCUT2D eigenvalue weighted by molar-refractivity contribution is -0.143. The van der Waals surface area contributed by atoms with Crippen molar-refractivity contribution in [3.63, 3.8) is 0 Å². The molecule has 2 aromatic heterocycles. The Kier molecular flexibility index (Phi) is 4.97. The van der Waals surface area contributed by atoms with E-state index in [4.69, 9.17) is 23.0 Å². The molecule has 2 heterocycles. The van der Waals surface area contributed by atoms with Gasteiger partial charge in [0.2, 0.25) is 5.95 Å². The van der Waals surface area contributed by atoms with Crippen LogP contribution in [0.2, 0.25) is 0 Å². The summed E-state index contributed by atoms with van der Waals surface area (Å²) >= 11 is 0. The lowest BCUT2D eigenvalue weighted by Gasteiger charge is -2.28. The first kappa shape index (κ1) is 19.5. The molecule has 3 rings (SSSR count). The molecule has 10 heteroatoms. The van der Waals surface area contributed by atoms with Crippen molar-refractivity contribution in [2.24, 2.45) is 0 Å². The van der Waals surface area contributed by atoms with E-state index in [-0.39, 0.29) is 41.3 Å². The van der Waals surface area contributed by atoms with Crippen molar-refractivity contribution >= 4 is 34.9 Å². The molecule has 0 unspecified atom stereocenters. The minimum Gasteiger partial charge on any atom is -0.481 e. The molecule has 0 aliphatic carbocycles. The van der Waals surface area contributed by atoms with Crippen molar-refractivity contribution in [3.8, 4) is 12.3 Å².